The number of pyridine rings is 2. The van der Waals surface area contributed by atoms with Gasteiger partial charge in [-0.05, 0) is 18.2 Å². The molecule has 0 saturated carbocycles. The smallest absolute Gasteiger partial charge is 0.213 e. The zero-order valence-electron chi connectivity index (χ0n) is 10.7. The van der Waals surface area contributed by atoms with Gasteiger partial charge in [0.2, 0.25) is 5.95 Å². The molecule has 0 amide bonds. The molecule has 0 radical (unpaired) electrons. The largest absolute Gasteiger partial charge is 0.456 e. The Morgan fingerprint density at radius 2 is 2.00 bits per heavy atom. The monoisotopic (exact) mass is 270 g/mol. The topological polar surface area (TPSA) is 52.8 Å². The summed E-state index contributed by atoms with van der Waals surface area (Å²) in [5, 5.41) is 4.10. The minimum absolute atomic E-state index is 0.467. The fraction of sp³-hybridized carbons (Fsp3) is 0.0714. The standard InChI is InChI=1S/C14H11FN4O/c1-19-9-10(7-18-19)13-6-11(4-5-16-13)20-12-2-3-14(15)17-8-12/h2-9H,1H3. The van der Waals surface area contributed by atoms with E-state index in [0.717, 1.165) is 11.3 Å². The van der Waals surface area contributed by atoms with E-state index in [0.29, 0.717) is 11.5 Å². The van der Waals surface area contributed by atoms with E-state index in [1.165, 1.54) is 18.3 Å². The van der Waals surface area contributed by atoms with Gasteiger partial charge in [0.25, 0.3) is 0 Å². The van der Waals surface area contributed by atoms with E-state index in [9.17, 15) is 4.39 Å². The first-order valence-corrected chi connectivity index (χ1v) is 5.95. The summed E-state index contributed by atoms with van der Waals surface area (Å²) >= 11 is 0. The molecule has 0 aliphatic heterocycles. The van der Waals surface area contributed by atoms with Crippen LogP contribution in [0.4, 0.5) is 4.39 Å². The minimum atomic E-state index is -0.539. The lowest BCUT2D eigenvalue weighted by Crippen LogP contribution is -1.89. The van der Waals surface area contributed by atoms with Gasteiger partial charge in [-0.2, -0.15) is 9.49 Å². The number of nitrogens with zero attached hydrogens (tertiary/aromatic N) is 4. The van der Waals surface area contributed by atoms with Gasteiger partial charge in [0.05, 0.1) is 18.1 Å². The number of hydrogen-bond donors (Lipinski definition) is 0. The molecule has 0 bridgehead atoms. The summed E-state index contributed by atoms with van der Waals surface area (Å²) in [5.74, 6) is 0.533. The minimum Gasteiger partial charge on any atom is -0.456 e. The summed E-state index contributed by atoms with van der Waals surface area (Å²) in [6.45, 7) is 0. The number of rotatable bonds is 3. The molecule has 5 nitrogen and oxygen atoms in total. The van der Waals surface area contributed by atoms with Gasteiger partial charge >= 0.3 is 0 Å². The van der Waals surface area contributed by atoms with E-state index in [2.05, 4.69) is 15.1 Å². The maximum Gasteiger partial charge on any atom is 0.213 e. The lowest BCUT2D eigenvalue weighted by Gasteiger charge is -2.05. The molecule has 0 fully saturated rings. The van der Waals surface area contributed by atoms with E-state index >= 15 is 0 Å². The highest BCUT2D eigenvalue weighted by Gasteiger charge is 2.05. The molecule has 100 valence electrons. The van der Waals surface area contributed by atoms with E-state index in [1.54, 1.807) is 29.2 Å². The molecule has 0 N–H and O–H groups in total. The Balaban J connectivity index is 1.86. The molecule has 3 aromatic heterocycles. The molecule has 0 aliphatic carbocycles. The van der Waals surface area contributed by atoms with Crippen LogP contribution in [0.1, 0.15) is 0 Å². The molecule has 3 heterocycles. The number of aryl methyl sites for hydroxylation is 1. The van der Waals surface area contributed by atoms with Crippen LogP contribution in [0.15, 0.2) is 49.1 Å². The van der Waals surface area contributed by atoms with E-state index in [1.807, 2.05) is 13.2 Å². The predicted molar refractivity (Wildman–Crippen MR) is 70.7 cm³/mol. The third-order valence-corrected chi connectivity index (χ3v) is 2.67. The van der Waals surface area contributed by atoms with Crippen LogP contribution in [0.5, 0.6) is 11.5 Å². The lowest BCUT2D eigenvalue weighted by atomic mass is 10.2. The molecular formula is C14H11FN4O. The van der Waals surface area contributed by atoms with Crippen molar-refractivity contribution in [2.24, 2.45) is 7.05 Å². The second-order valence-corrected chi connectivity index (χ2v) is 4.20. The molecule has 0 atom stereocenters. The van der Waals surface area contributed by atoms with Gasteiger partial charge in [-0.25, -0.2) is 4.98 Å². The van der Waals surface area contributed by atoms with Crippen molar-refractivity contribution in [3.63, 3.8) is 0 Å². The summed E-state index contributed by atoms with van der Waals surface area (Å²) in [4.78, 5) is 7.81. The highest BCUT2D eigenvalue weighted by Crippen LogP contribution is 2.24. The van der Waals surface area contributed by atoms with Crippen molar-refractivity contribution in [2.45, 2.75) is 0 Å². The number of hydrogen-bond acceptors (Lipinski definition) is 4. The van der Waals surface area contributed by atoms with Gasteiger partial charge in [-0.3, -0.25) is 9.67 Å². The average molecular weight is 270 g/mol. The van der Waals surface area contributed by atoms with Crippen LogP contribution in [0.25, 0.3) is 11.3 Å². The Labute approximate surface area is 114 Å². The van der Waals surface area contributed by atoms with E-state index < -0.39 is 5.95 Å². The van der Waals surface area contributed by atoms with Crippen molar-refractivity contribution in [3.05, 3.63) is 55.0 Å². The first kappa shape index (κ1) is 12.3. The van der Waals surface area contributed by atoms with Crippen molar-refractivity contribution in [1.82, 2.24) is 19.7 Å². The summed E-state index contributed by atoms with van der Waals surface area (Å²) in [7, 11) is 1.84. The fourth-order valence-electron chi connectivity index (χ4n) is 1.74. The van der Waals surface area contributed by atoms with Crippen LogP contribution in [-0.4, -0.2) is 19.7 Å². The van der Waals surface area contributed by atoms with Gasteiger partial charge in [-0.1, -0.05) is 0 Å². The normalized spacial score (nSPS) is 10.5. The third-order valence-electron chi connectivity index (χ3n) is 2.67. The molecular weight excluding hydrogens is 259 g/mol. The third kappa shape index (κ3) is 2.64. The number of ether oxygens (including phenoxy) is 1. The van der Waals surface area contributed by atoms with Crippen LogP contribution in [0, 0.1) is 5.95 Å². The summed E-state index contributed by atoms with van der Waals surface area (Å²) < 4.78 is 20.0. The second-order valence-electron chi connectivity index (χ2n) is 4.20. The molecule has 3 aromatic rings. The Hall–Kier alpha value is -2.76. The van der Waals surface area contributed by atoms with Crippen molar-refractivity contribution in [3.8, 4) is 22.8 Å². The maximum absolute atomic E-state index is 12.7. The Morgan fingerprint density at radius 3 is 2.70 bits per heavy atom. The molecule has 0 aromatic carbocycles. The summed E-state index contributed by atoms with van der Waals surface area (Å²) in [6, 6.07) is 6.29. The first-order chi connectivity index (χ1) is 9.70. The predicted octanol–water partition coefficient (Wildman–Crippen LogP) is 2.81. The van der Waals surface area contributed by atoms with Crippen LogP contribution < -0.4 is 4.74 Å². The van der Waals surface area contributed by atoms with Gasteiger partial charge in [0.15, 0.2) is 0 Å². The Kier molecular flexibility index (Phi) is 3.12. The number of aromatic nitrogens is 4. The fourth-order valence-corrected chi connectivity index (χ4v) is 1.74. The molecule has 6 heteroatoms. The van der Waals surface area contributed by atoms with Crippen LogP contribution >= 0.6 is 0 Å². The van der Waals surface area contributed by atoms with Crippen molar-refractivity contribution >= 4 is 0 Å². The Morgan fingerprint density at radius 1 is 1.10 bits per heavy atom. The maximum atomic E-state index is 12.7. The van der Waals surface area contributed by atoms with Crippen molar-refractivity contribution < 1.29 is 9.13 Å². The molecule has 0 spiro atoms. The molecule has 0 saturated heterocycles. The van der Waals surface area contributed by atoms with Gasteiger partial charge < -0.3 is 4.74 Å². The van der Waals surface area contributed by atoms with Crippen molar-refractivity contribution in [2.75, 3.05) is 0 Å². The van der Waals surface area contributed by atoms with E-state index in [-0.39, 0.29) is 0 Å². The zero-order chi connectivity index (χ0) is 13.9. The second kappa shape index (κ2) is 5.08. The van der Waals surface area contributed by atoms with Gasteiger partial charge in [0, 0.05) is 31.1 Å². The molecule has 0 unspecified atom stereocenters. The summed E-state index contributed by atoms with van der Waals surface area (Å²) in [5.41, 5.74) is 1.65. The highest BCUT2D eigenvalue weighted by molar-refractivity contribution is 5.58. The van der Waals surface area contributed by atoms with E-state index in [4.69, 9.17) is 4.74 Å². The van der Waals surface area contributed by atoms with Crippen LogP contribution in [0.3, 0.4) is 0 Å². The highest BCUT2D eigenvalue weighted by atomic mass is 19.1. The zero-order valence-corrected chi connectivity index (χ0v) is 10.7. The first-order valence-electron chi connectivity index (χ1n) is 5.95. The summed E-state index contributed by atoms with van der Waals surface area (Å²) in [6.07, 6.45) is 6.57. The lowest BCUT2D eigenvalue weighted by molar-refractivity contribution is 0.474. The van der Waals surface area contributed by atoms with Crippen molar-refractivity contribution in [1.29, 1.82) is 0 Å². The van der Waals surface area contributed by atoms with Crippen LogP contribution in [-0.2, 0) is 7.05 Å². The quantitative estimate of drug-likeness (QED) is 0.687. The molecule has 3 rings (SSSR count). The number of halogens is 1. The Bertz CT molecular complexity index is 724. The van der Waals surface area contributed by atoms with Gasteiger partial charge in [0.1, 0.15) is 11.5 Å². The molecule has 0 aliphatic rings. The van der Waals surface area contributed by atoms with Crippen LogP contribution in [0.2, 0.25) is 0 Å². The van der Waals surface area contributed by atoms with Gasteiger partial charge in [-0.15, -0.1) is 0 Å². The average Bonchev–Trinajstić information content (AvgIpc) is 2.89. The molecule has 20 heavy (non-hydrogen) atoms. The SMILES string of the molecule is Cn1cc(-c2cc(Oc3ccc(F)nc3)ccn2)cn1.